The molecule has 46 heavy (non-hydrogen) atoms. The van der Waals surface area contributed by atoms with Crippen molar-refractivity contribution in [1.82, 2.24) is 19.7 Å². The van der Waals surface area contributed by atoms with E-state index in [-0.39, 0.29) is 28.8 Å². The second kappa shape index (κ2) is 13.3. The number of anilines is 1. The Labute approximate surface area is 267 Å². The molecule has 2 fully saturated rings. The van der Waals surface area contributed by atoms with Crippen molar-refractivity contribution in [2.24, 2.45) is 0 Å². The summed E-state index contributed by atoms with van der Waals surface area (Å²) >= 11 is 0. The zero-order chi connectivity index (χ0) is 33.3. The molecule has 0 bridgehead atoms. The summed E-state index contributed by atoms with van der Waals surface area (Å²) in [6.07, 6.45) is 0.783. The Kier molecular flexibility index (Phi) is 9.75. The Balaban J connectivity index is 1.36. The number of esters is 1. The summed E-state index contributed by atoms with van der Waals surface area (Å²) in [6, 6.07) is 10.9. The third kappa shape index (κ3) is 6.90. The maximum absolute atomic E-state index is 14.2. The number of hydrogen-bond acceptors (Lipinski definition) is 12. The minimum atomic E-state index is -4.36. The molecule has 1 unspecified atom stereocenters. The van der Waals surface area contributed by atoms with Gasteiger partial charge in [-0.1, -0.05) is 39.3 Å². The highest BCUT2D eigenvalue weighted by Gasteiger charge is 2.58. The number of nitriles is 1. The predicted octanol–water partition coefficient (Wildman–Crippen LogP) is 3.51. The molecule has 6 atom stereocenters. The first-order chi connectivity index (χ1) is 21.8. The fourth-order valence-corrected chi connectivity index (χ4v) is 7.21. The minimum Gasteiger partial charge on any atom is -0.461 e. The third-order valence-corrected chi connectivity index (χ3v) is 10.0. The lowest BCUT2D eigenvalue weighted by Gasteiger charge is -2.27. The number of fused-ring (bicyclic) bond motifs is 1. The van der Waals surface area contributed by atoms with E-state index in [2.05, 4.69) is 35.9 Å². The highest BCUT2D eigenvalue weighted by atomic mass is 31.2. The molecular weight excluding hydrogens is 615 g/mol. The van der Waals surface area contributed by atoms with Crippen molar-refractivity contribution in [3.8, 4) is 11.8 Å². The van der Waals surface area contributed by atoms with Gasteiger partial charge in [-0.3, -0.25) is 9.32 Å². The molecule has 1 saturated carbocycles. The summed E-state index contributed by atoms with van der Waals surface area (Å²) < 4.78 is 38.7. The molecular formula is C31H41N6O8P. The number of nitrogens with two attached hydrogens (primary N) is 1. The van der Waals surface area contributed by atoms with Gasteiger partial charge in [-0.25, -0.2) is 14.1 Å². The van der Waals surface area contributed by atoms with E-state index < -0.39 is 50.3 Å². The topological polar surface area (TPSA) is 204 Å². The molecule has 5 rings (SSSR count). The summed E-state index contributed by atoms with van der Waals surface area (Å²) in [5.74, 6) is -0.272. The number of benzene rings is 1. The van der Waals surface area contributed by atoms with E-state index in [1.165, 1.54) is 23.8 Å². The summed E-state index contributed by atoms with van der Waals surface area (Å²) in [5, 5.41) is 39.1. The van der Waals surface area contributed by atoms with Crippen LogP contribution in [-0.2, 0) is 34.4 Å². The molecule has 248 valence electrons. The van der Waals surface area contributed by atoms with Crippen LogP contribution in [0.4, 0.5) is 5.82 Å². The van der Waals surface area contributed by atoms with Crippen molar-refractivity contribution in [3.63, 3.8) is 0 Å². The van der Waals surface area contributed by atoms with Gasteiger partial charge in [0.25, 0.3) is 0 Å². The van der Waals surface area contributed by atoms with Gasteiger partial charge in [0.1, 0.15) is 54.1 Å². The molecule has 3 aromatic rings. The lowest BCUT2D eigenvalue weighted by molar-refractivity contribution is -0.152. The molecule has 1 aliphatic carbocycles. The van der Waals surface area contributed by atoms with Gasteiger partial charge in [-0.2, -0.15) is 15.4 Å². The summed E-state index contributed by atoms with van der Waals surface area (Å²) in [7, 11) is -4.36. The highest BCUT2D eigenvalue weighted by molar-refractivity contribution is 7.52. The van der Waals surface area contributed by atoms with Crippen molar-refractivity contribution in [2.75, 3.05) is 12.3 Å². The van der Waals surface area contributed by atoms with Crippen LogP contribution in [0.25, 0.3) is 5.52 Å². The van der Waals surface area contributed by atoms with E-state index in [0.717, 1.165) is 37.7 Å². The Bertz CT molecular complexity index is 1630. The Morgan fingerprint density at radius 2 is 1.91 bits per heavy atom. The fourth-order valence-electron chi connectivity index (χ4n) is 5.71. The molecule has 2 aromatic heterocycles. The normalized spacial score (nSPS) is 25.9. The zero-order valence-corrected chi connectivity index (χ0v) is 27.2. The lowest BCUT2D eigenvalue weighted by atomic mass is 9.87. The van der Waals surface area contributed by atoms with E-state index in [1.54, 1.807) is 18.2 Å². The summed E-state index contributed by atoms with van der Waals surface area (Å²) in [4.78, 5) is 16.9. The first kappa shape index (κ1) is 33.8. The van der Waals surface area contributed by atoms with Crippen molar-refractivity contribution >= 4 is 25.1 Å². The van der Waals surface area contributed by atoms with Crippen LogP contribution >= 0.6 is 7.75 Å². The van der Waals surface area contributed by atoms with Gasteiger partial charge >= 0.3 is 13.7 Å². The maximum atomic E-state index is 14.2. The number of nitrogen functional groups attached to an aromatic ring is 1. The Hall–Kier alpha value is -3.57. The van der Waals surface area contributed by atoms with E-state index in [4.69, 9.17) is 24.3 Å². The minimum absolute atomic E-state index is 0.101. The smallest absolute Gasteiger partial charge is 0.459 e. The number of ether oxygens (including phenoxy) is 2. The number of aromatic nitrogens is 3. The van der Waals surface area contributed by atoms with Crippen LogP contribution in [0.15, 0.2) is 42.7 Å². The average Bonchev–Trinajstić information content (AvgIpc) is 3.56. The van der Waals surface area contributed by atoms with Gasteiger partial charge in [0.2, 0.25) is 5.60 Å². The number of hydrogen-bond donors (Lipinski definition) is 4. The molecule has 14 nitrogen and oxygen atoms in total. The third-order valence-electron chi connectivity index (χ3n) is 8.38. The van der Waals surface area contributed by atoms with Gasteiger partial charge in [0.05, 0.1) is 12.3 Å². The van der Waals surface area contributed by atoms with Crippen molar-refractivity contribution in [2.45, 2.75) is 101 Å². The molecule has 1 aliphatic heterocycles. The van der Waals surface area contributed by atoms with Gasteiger partial charge in [-0.15, -0.1) is 0 Å². The maximum Gasteiger partial charge on any atom is 0.459 e. The van der Waals surface area contributed by atoms with Crippen molar-refractivity contribution in [1.29, 1.82) is 5.26 Å². The highest BCUT2D eigenvalue weighted by Crippen LogP contribution is 2.47. The van der Waals surface area contributed by atoms with Gasteiger partial charge < -0.3 is 29.9 Å². The molecule has 0 spiro atoms. The van der Waals surface area contributed by atoms with Crippen LogP contribution < -0.4 is 15.3 Å². The number of nitrogens with zero attached hydrogens (tertiary/aromatic N) is 4. The molecule has 15 heteroatoms. The number of aliphatic hydroxyl groups is 2. The van der Waals surface area contributed by atoms with Gasteiger partial charge in [0, 0.05) is 0 Å². The van der Waals surface area contributed by atoms with E-state index in [0.29, 0.717) is 5.52 Å². The number of rotatable bonds is 10. The van der Waals surface area contributed by atoms with Crippen LogP contribution in [-0.4, -0.2) is 67.8 Å². The number of nitrogens with one attached hydrogen (secondary N) is 1. The molecule has 0 amide bonds. The van der Waals surface area contributed by atoms with Crippen LogP contribution in [0, 0.1) is 11.3 Å². The predicted molar refractivity (Wildman–Crippen MR) is 166 cm³/mol. The molecule has 5 N–H and O–H groups in total. The summed E-state index contributed by atoms with van der Waals surface area (Å²) in [5.41, 5.74) is 5.19. The number of carbonyl (C=O) groups excluding carboxylic acids is 1. The second-order valence-corrected chi connectivity index (χ2v) is 14.5. The van der Waals surface area contributed by atoms with E-state index >= 15 is 0 Å². The lowest BCUT2D eigenvalue weighted by Crippen LogP contribution is -2.41. The van der Waals surface area contributed by atoms with Crippen LogP contribution in [0.5, 0.6) is 5.75 Å². The Morgan fingerprint density at radius 3 is 2.57 bits per heavy atom. The first-order valence-electron chi connectivity index (χ1n) is 15.3. The fraction of sp³-hybridized carbons (Fsp3) is 0.548. The standard InChI is InChI=1S/C31H41N6O8P/c1-19(29(40)43-21-8-6-5-7-9-21)36-46(41,45-22-12-10-20(11-13-22)30(2,3)4)42-16-24-26(38)27(39)31(17-32,44-24)25-15-14-23-28(33)34-18-35-37(23)25/h10-15,18-19,21,24,26-27,38-39H,5-9,16H2,1-4H3,(H,36,41)(H2,33,34,35)/t19-,24+,26+,27+,31-,46?/m0/s1. The van der Waals surface area contributed by atoms with Gasteiger partial charge in [-0.05, 0) is 67.9 Å². The monoisotopic (exact) mass is 656 g/mol. The largest absolute Gasteiger partial charge is 0.461 e. The zero-order valence-electron chi connectivity index (χ0n) is 26.3. The van der Waals surface area contributed by atoms with E-state index in [1.807, 2.05) is 18.2 Å². The number of carbonyl (C=O) groups is 1. The van der Waals surface area contributed by atoms with Crippen LogP contribution in [0.1, 0.15) is 71.1 Å². The molecule has 0 radical (unpaired) electrons. The van der Waals surface area contributed by atoms with Crippen molar-refractivity contribution < 1.29 is 38.1 Å². The van der Waals surface area contributed by atoms with Crippen LogP contribution in [0.3, 0.4) is 0 Å². The quantitative estimate of drug-likeness (QED) is 0.182. The summed E-state index contributed by atoms with van der Waals surface area (Å²) in [6.45, 7) is 7.07. The molecule has 2 aliphatic rings. The average molecular weight is 657 g/mol. The van der Waals surface area contributed by atoms with Gasteiger partial charge in [0.15, 0.2) is 5.82 Å². The molecule has 3 heterocycles. The van der Waals surface area contributed by atoms with E-state index in [9.17, 15) is 24.8 Å². The molecule has 1 saturated heterocycles. The number of aliphatic hydroxyl groups excluding tert-OH is 2. The SMILES string of the molecule is C[C@H](NP(=O)(OC[C@H]1O[C@@](C#N)(c2ccc3c(N)ncnn23)[C@H](O)[C@@H]1O)Oc1ccc(C(C)(C)C)cc1)C(=O)OC1CCCCC1. The molecule has 1 aromatic carbocycles. The second-order valence-electron chi connectivity index (χ2n) is 12.8. The van der Waals surface area contributed by atoms with Crippen molar-refractivity contribution in [3.05, 3.63) is 54.0 Å². The first-order valence-corrected chi connectivity index (χ1v) is 16.9. The van der Waals surface area contributed by atoms with Crippen LogP contribution in [0.2, 0.25) is 0 Å². The Morgan fingerprint density at radius 1 is 1.22 bits per heavy atom.